The van der Waals surface area contributed by atoms with Gasteiger partial charge in [-0.05, 0) is 42.5 Å². The van der Waals surface area contributed by atoms with Crippen LogP contribution < -0.4 is 10.1 Å². The number of anilines is 2. The molecule has 0 saturated heterocycles. The van der Waals surface area contributed by atoms with E-state index in [0.29, 0.717) is 0 Å². The quantitative estimate of drug-likeness (QED) is 0.471. The first-order valence-electron chi connectivity index (χ1n) is 8.90. The monoisotopic (exact) mass is 367 g/mol. The maximum atomic E-state index is 5.58. The van der Waals surface area contributed by atoms with Gasteiger partial charge in [-0.3, -0.25) is 4.98 Å². The number of hydrogen-bond acceptors (Lipinski definition) is 5. The lowest BCUT2D eigenvalue weighted by molar-refractivity contribution is 0.417. The van der Waals surface area contributed by atoms with Gasteiger partial charge >= 0.3 is 0 Å². The van der Waals surface area contributed by atoms with Crippen LogP contribution in [0.2, 0.25) is 0 Å². The lowest BCUT2D eigenvalue weighted by atomic mass is 10.1. The molecule has 0 fully saturated rings. The smallest absolute Gasteiger partial charge is 0.141 e. The average molecular weight is 367 g/mol. The summed E-state index contributed by atoms with van der Waals surface area (Å²) in [6, 6.07) is 17.9. The zero-order valence-electron chi connectivity index (χ0n) is 15.2. The van der Waals surface area contributed by atoms with E-state index in [4.69, 9.17) is 4.74 Å². The molecule has 3 heterocycles. The number of aromatic amines is 1. The number of ether oxygens (including phenoxy) is 1. The summed E-state index contributed by atoms with van der Waals surface area (Å²) in [7, 11) is 1.65. The number of hydrogen-bond donors (Lipinski definition) is 2. The Morgan fingerprint density at radius 1 is 0.964 bits per heavy atom. The van der Waals surface area contributed by atoms with E-state index < -0.39 is 0 Å². The van der Waals surface area contributed by atoms with E-state index in [-0.39, 0.29) is 0 Å². The molecule has 0 saturated carbocycles. The van der Waals surface area contributed by atoms with Gasteiger partial charge in [-0.15, -0.1) is 0 Å². The summed E-state index contributed by atoms with van der Waals surface area (Å²) in [6.45, 7) is 0. The third kappa shape index (κ3) is 2.81. The Labute approximate surface area is 161 Å². The molecule has 0 amide bonds. The first kappa shape index (κ1) is 16.3. The minimum Gasteiger partial charge on any atom is -0.496 e. The molecular weight excluding hydrogens is 350 g/mol. The molecule has 5 aromatic rings. The van der Waals surface area contributed by atoms with Crippen LogP contribution >= 0.6 is 0 Å². The van der Waals surface area contributed by atoms with Gasteiger partial charge in [0, 0.05) is 46.0 Å². The van der Waals surface area contributed by atoms with Crippen molar-refractivity contribution in [1.29, 1.82) is 0 Å². The summed E-state index contributed by atoms with van der Waals surface area (Å²) < 4.78 is 5.58. The summed E-state index contributed by atoms with van der Waals surface area (Å²) in [5.74, 6) is 1.46. The number of H-pyrrole nitrogens is 1. The molecule has 0 unspecified atom stereocenters. The highest BCUT2D eigenvalue weighted by Gasteiger charge is 2.13. The summed E-state index contributed by atoms with van der Waals surface area (Å²) in [6.07, 6.45) is 5.25. The fourth-order valence-electron chi connectivity index (χ4n) is 3.34. The van der Waals surface area contributed by atoms with Crippen molar-refractivity contribution in [3.63, 3.8) is 0 Å². The van der Waals surface area contributed by atoms with Crippen LogP contribution in [-0.2, 0) is 0 Å². The lowest BCUT2D eigenvalue weighted by Crippen LogP contribution is -1.98. The molecule has 0 aliphatic rings. The summed E-state index contributed by atoms with van der Waals surface area (Å²) >= 11 is 0. The predicted octanol–water partition coefficient (Wildman–Crippen LogP) is 4.93. The molecular formula is C22H17N5O. The van der Waals surface area contributed by atoms with Gasteiger partial charge in [-0.1, -0.05) is 6.07 Å². The van der Waals surface area contributed by atoms with Crippen molar-refractivity contribution in [1.82, 2.24) is 19.9 Å². The Kier molecular flexibility index (Phi) is 3.87. The molecule has 0 radical (unpaired) electrons. The molecule has 3 aromatic heterocycles. The van der Waals surface area contributed by atoms with E-state index >= 15 is 0 Å². The average Bonchev–Trinajstić information content (AvgIpc) is 3.21. The molecule has 0 spiro atoms. The Hall–Kier alpha value is -3.93. The van der Waals surface area contributed by atoms with Gasteiger partial charge < -0.3 is 15.0 Å². The van der Waals surface area contributed by atoms with E-state index in [1.165, 1.54) is 0 Å². The normalized spacial score (nSPS) is 11.0. The SMILES string of the molecule is COc1cc2ncnc(Nc3ccc4[nH]ccc4c3)c2cc1-c1ccccn1. The van der Waals surface area contributed by atoms with E-state index in [2.05, 4.69) is 31.3 Å². The fourth-order valence-corrected chi connectivity index (χ4v) is 3.34. The molecule has 5 rings (SSSR count). The third-order valence-electron chi connectivity index (χ3n) is 4.71. The minimum atomic E-state index is 0.726. The molecule has 136 valence electrons. The Bertz CT molecular complexity index is 1280. The standard InChI is InChI=1S/C22H17N5O/c1-28-21-12-20-17(11-16(21)19-4-2-3-8-23-19)22(26-13-25-20)27-15-5-6-18-14(10-15)7-9-24-18/h2-13,24H,1H3,(H,25,26,27). The largest absolute Gasteiger partial charge is 0.496 e. The first-order valence-corrected chi connectivity index (χ1v) is 8.90. The molecule has 2 aromatic carbocycles. The first-order chi connectivity index (χ1) is 13.8. The summed E-state index contributed by atoms with van der Waals surface area (Å²) in [5, 5.41) is 5.46. The number of pyridine rings is 1. The van der Waals surface area contributed by atoms with Gasteiger partial charge in [0.15, 0.2) is 0 Å². The Balaban J connectivity index is 1.64. The van der Waals surface area contributed by atoms with Crippen LogP contribution in [0.15, 0.2) is 73.3 Å². The number of benzene rings is 2. The molecule has 0 aliphatic heterocycles. The zero-order valence-corrected chi connectivity index (χ0v) is 15.2. The van der Waals surface area contributed by atoms with E-state index in [1.54, 1.807) is 19.6 Å². The van der Waals surface area contributed by atoms with Crippen LogP contribution in [0.4, 0.5) is 11.5 Å². The zero-order chi connectivity index (χ0) is 18.9. The van der Waals surface area contributed by atoms with Crippen molar-refractivity contribution in [3.8, 4) is 17.0 Å². The highest BCUT2D eigenvalue weighted by molar-refractivity contribution is 5.96. The fraction of sp³-hybridized carbons (Fsp3) is 0.0455. The van der Waals surface area contributed by atoms with Crippen LogP contribution in [0.25, 0.3) is 33.1 Å². The molecule has 6 nitrogen and oxygen atoms in total. The van der Waals surface area contributed by atoms with Gasteiger partial charge in [0.1, 0.15) is 17.9 Å². The second kappa shape index (κ2) is 6.66. The number of nitrogens with zero attached hydrogens (tertiary/aromatic N) is 3. The van der Waals surface area contributed by atoms with Crippen molar-refractivity contribution >= 4 is 33.3 Å². The van der Waals surface area contributed by atoms with Gasteiger partial charge in [0.25, 0.3) is 0 Å². The van der Waals surface area contributed by atoms with Gasteiger partial charge in [0.05, 0.1) is 18.3 Å². The second-order valence-corrected chi connectivity index (χ2v) is 6.41. The highest BCUT2D eigenvalue weighted by atomic mass is 16.5. The number of aromatic nitrogens is 4. The van der Waals surface area contributed by atoms with Crippen LogP contribution in [-0.4, -0.2) is 27.0 Å². The van der Waals surface area contributed by atoms with Crippen molar-refractivity contribution in [2.75, 3.05) is 12.4 Å². The molecule has 28 heavy (non-hydrogen) atoms. The van der Waals surface area contributed by atoms with Crippen molar-refractivity contribution in [2.45, 2.75) is 0 Å². The number of nitrogens with one attached hydrogen (secondary N) is 2. The van der Waals surface area contributed by atoms with Crippen molar-refractivity contribution in [3.05, 3.63) is 73.3 Å². The molecule has 2 N–H and O–H groups in total. The van der Waals surface area contributed by atoms with Crippen LogP contribution in [0.5, 0.6) is 5.75 Å². The number of methoxy groups -OCH3 is 1. The van der Waals surface area contributed by atoms with Crippen LogP contribution in [0.1, 0.15) is 0 Å². The summed E-state index contributed by atoms with van der Waals surface area (Å²) in [4.78, 5) is 16.5. The Morgan fingerprint density at radius 3 is 2.79 bits per heavy atom. The minimum absolute atomic E-state index is 0.726. The van der Waals surface area contributed by atoms with Gasteiger partial charge in [0.2, 0.25) is 0 Å². The second-order valence-electron chi connectivity index (χ2n) is 6.41. The van der Waals surface area contributed by atoms with Gasteiger partial charge in [-0.25, -0.2) is 9.97 Å². The maximum absolute atomic E-state index is 5.58. The molecule has 0 aliphatic carbocycles. The third-order valence-corrected chi connectivity index (χ3v) is 4.71. The molecule has 0 bridgehead atoms. The highest BCUT2D eigenvalue weighted by Crippen LogP contribution is 2.35. The Morgan fingerprint density at radius 2 is 1.93 bits per heavy atom. The van der Waals surface area contributed by atoms with Gasteiger partial charge in [-0.2, -0.15) is 0 Å². The van der Waals surface area contributed by atoms with Crippen molar-refractivity contribution < 1.29 is 4.74 Å². The number of fused-ring (bicyclic) bond motifs is 2. The maximum Gasteiger partial charge on any atom is 0.141 e. The topological polar surface area (TPSA) is 75.7 Å². The van der Waals surface area contributed by atoms with E-state index in [0.717, 1.165) is 50.3 Å². The van der Waals surface area contributed by atoms with Crippen molar-refractivity contribution in [2.24, 2.45) is 0 Å². The van der Waals surface area contributed by atoms with E-state index in [9.17, 15) is 0 Å². The predicted molar refractivity (Wildman–Crippen MR) is 111 cm³/mol. The summed E-state index contributed by atoms with van der Waals surface area (Å²) in [5.41, 5.74) is 4.60. The molecule has 0 atom stereocenters. The van der Waals surface area contributed by atoms with Crippen LogP contribution in [0, 0.1) is 0 Å². The van der Waals surface area contributed by atoms with E-state index in [1.807, 2.05) is 54.7 Å². The van der Waals surface area contributed by atoms with Crippen LogP contribution in [0.3, 0.4) is 0 Å². The lowest BCUT2D eigenvalue weighted by Gasteiger charge is -2.13. The molecule has 6 heteroatoms. The number of rotatable bonds is 4.